The van der Waals surface area contributed by atoms with Crippen molar-refractivity contribution in [3.05, 3.63) is 54.1 Å². The number of benzene rings is 1. The molecule has 2 aromatic rings. The number of carbonyl (C=O) groups excluding carboxylic acids is 1. The zero-order valence-electron chi connectivity index (χ0n) is 11.9. The Morgan fingerprint density at radius 2 is 2.10 bits per heavy atom. The maximum Gasteiger partial charge on any atom is 0.322 e. The van der Waals surface area contributed by atoms with E-state index in [1.807, 2.05) is 29.9 Å². The van der Waals surface area contributed by atoms with Gasteiger partial charge in [-0.05, 0) is 37.1 Å². The SMILES string of the molecule is Cn1cccc1CN(C(=O)Nc1ccccc1F)C1CC1. The molecule has 3 rings (SSSR count). The molecule has 0 saturated heterocycles. The molecule has 5 heteroatoms. The molecule has 0 spiro atoms. The van der Waals surface area contributed by atoms with Crippen LogP contribution in [0.25, 0.3) is 0 Å². The summed E-state index contributed by atoms with van der Waals surface area (Å²) in [5.41, 5.74) is 1.28. The van der Waals surface area contributed by atoms with Crippen LogP contribution in [-0.2, 0) is 13.6 Å². The maximum atomic E-state index is 13.6. The van der Waals surface area contributed by atoms with Crippen molar-refractivity contribution in [3.8, 4) is 0 Å². The van der Waals surface area contributed by atoms with Crippen LogP contribution in [0.2, 0.25) is 0 Å². The summed E-state index contributed by atoms with van der Waals surface area (Å²) in [6.07, 6.45) is 3.97. The van der Waals surface area contributed by atoms with Crippen LogP contribution < -0.4 is 5.32 Å². The fourth-order valence-corrected chi connectivity index (χ4v) is 2.34. The Hall–Kier alpha value is -2.30. The minimum atomic E-state index is -0.416. The predicted octanol–water partition coefficient (Wildman–Crippen LogP) is 3.36. The van der Waals surface area contributed by atoms with Gasteiger partial charge >= 0.3 is 6.03 Å². The fraction of sp³-hybridized carbons (Fsp3) is 0.312. The number of rotatable bonds is 4. The monoisotopic (exact) mass is 287 g/mol. The Balaban J connectivity index is 1.74. The zero-order valence-corrected chi connectivity index (χ0v) is 11.9. The molecule has 21 heavy (non-hydrogen) atoms. The lowest BCUT2D eigenvalue weighted by Crippen LogP contribution is -2.36. The third-order valence-electron chi connectivity index (χ3n) is 3.75. The molecule has 1 aliphatic rings. The molecule has 0 radical (unpaired) electrons. The third-order valence-corrected chi connectivity index (χ3v) is 3.75. The highest BCUT2D eigenvalue weighted by atomic mass is 19.1. The first-order chi connectivity index (χ1) is 10.1. The number of hydrogen-bond acceptors (Lipinski definition) is 1. The topological polar surface area (TPSA) is 37.3 Å². The molecule has 1 aliphatic carbocycles. The van der Waals surface area contributed by atoms with Gasteiger partial charge in [-0.1, -0.05) is 12.1 Å². The molecule has 1 N–H and O–H groups in total. The zero-order chi connectivity index (χ0) is 14.8. The Bertz CT molecular complexity index is 648. The van der Waals surface area contributed by atoms with Gasteiger partial charge in [0, 0.05) is 25.0 Å². The number of anilines is 1. The van der Waals surface area contributed by atoms with E-state index in [0.29, 0.717) is 6.54 Å². The smallest absolute Gasteiger partial charge is 0.322 e. The second-order valence-electron chi connectivity index (χ2n) is 5.38. The largest absolute Gasteiger partial charge is 0.353 e. The van der Waals surface area contributed by atoms with Crippen LogP contribution >= 0.6 is 0 Å². The summed E-state index contributed by atoms with van der Waals surface area (Å²) in [7, 11) is 1.95. The third kappa shape index (κ3) is 3.07. The van der Waals surface area contributed by atoms with Gasteiger partial charge in [-0.2, -0.15) is 0 Å². The van der Waals surface area contributed by atoms with Gasteiger partial charge in [0.15, 0.2) is 0 Å². The van der Waals surface area contributed by atoms with Crippen LogP contribution in [0.1, 0.15) is 18.5 Å². The average molecular weight is 287 g/mol. The first-order valence-electron chi connectivity index (χ1n) is 7.07. The number of urea groups is 1. The Morgan fingerprint density at radius 1 is 1.33 bits per heavy atom. The molecule has 4 nitrogen and oxygen atoms in total. The summed E-state index contributed by atoms with van der Waals surface area (Å²) in [4.78, 5) is 14.2. The number of aryl methyl sites for hydroxylation is 1. The molecular formula is C16H18FN3O. The van der Waals surface area contributed by atoms with Gasteiger partial charge in [0.25, 0.3) is 0 Å². The molecule has 1 aromatic carbocycles. The van der Waals surface area contributed by atoms with E-state index < -0.39 is 5.82 Å². The fourth-order valence-electron chi connectivity index (χ4n) is 2.34. The van der Waals surface area contributed by atoms with Crippen molar-refractivity contribution < 1.29 is 9.18 Å². The molecular weight excluding hydrogens is 269 g/mol. The first kappa shape index (κ1) is 13.7. The van der Waals surface area contributed by atoms with E-state index in [1.54, 1.807) is 23.1 Å². The van der Waals surface area contributed by atoms with Crippen LogP contribution in [0.15, 0.2) is 42.6 Å². The van der Waals surface area contributed by atoms with E-state index in [0.717, 1.165) is 18.5 Å². The maximum absolute atomic E-state index is 13.6. The lowest BCUT2D eigenvalue weighted by atomic mass is 10.3. The van der Waals surface area contributed by atoms with Crippen LogP contribution in [0, 0.1) is 5.82 Å². The van der Waals surface area contributed by atoms with Crippen molar-refractivity contribution in [1.82, 2.24) is 9.47 Å². The van der Waals surface area contributed by atoms with Crippen molar-refractivity contribution in [2.24, 2.45) is 7.05 Å². The Morgan fingerprint density at radius 3 is 2.71 bits per heavy atom. The quantitative estimate of drug-likeness (QED) is 0.920. The average Bonchev–Trinajstić information content (AvgIpc) is 3.22. The molecule has 0 unspecified atom stereocenters. The van der Waals surface area contributed by atoms with Crippen LogP contribution in [-0.4, -0.2) is 21.5 Å². The van der Waals surface area contributed by atoms with Gasteiger partial charge in [0.05, 0.1) is 12.2 Å². The summed E-state index contributed by atoms with van der Waals surface area (Å²) in [6.45, 7) is 0.536. The minimum absolute atomic E-state index is 0.222. The standard InChI is InChI=1S/C16H18FN3O/c1-19-10-4-5-13(19)11-20(12-8-9-12)16(21)18-15-7-3-2-6-14(15)17/h2-7,10,12H,8-9,11H2,1H3,(H,18,21). The van der Waals surface area contributed by atoms with Gasteiger partial charge in [-0.25, -0.2) is 9.18 Å². The molecule has 0 atom stereocenters. The summed E-state index contributed by atoms with van der Waals surface area (Å²) in [5.74, 6) is -0.416. The van der Waals surface area contributed by atoms with Gasteiger partial charge in [0.2, 0.25) is 0 Å². The molecule has 0 bridgehead atoms. The van der Waals surface area contributed by atoms with Crippen molar-refractivity contribution >= 4 is 11.7 Å². The van der Waals surface area contributed by atoms with Gasteiger partial charge in [-0.3, -0.25) is 0 Å². The molecule has 110 valence electrons. The van der Waals surface area contributed by atoms with Crippen molar-refractivity contribution in [2.45, 2.75) is 25.4 Å². The van der Waals surface area contributed by atoms with Crippen LogP contribution in [0.3, 0.4) is 0 Å². The number of carbonyl (C=O) groups is 1. The molecule has 2 amide bonds. The Kier molecular flexibility index (Phi) is 3.64. The van der Waals surface area contributed by atoms with E-state index in [2.05, 4.69) is 5.32 Å². The van der Waals surface area contributed by atoms with Gasteiger partial charge in [0.1, 0.15) is 5.82 Å². The van der Waals surface area contributed by atoms with Crippen LogP contribution in [0.4, 0.5) is 14.9 Å². The lowest BCUT2D eigenvalue weighted by molar-refractivity contribution is 0.204. The highest BCUT2D eigenvalue weighted by Gasteiger charge is 2.33. The molecule has 1 aromatic heterocycles. The van der Waals surface area contributed by atoms with Crippen molar-refractivity contribution in [1.29, 1.82) is 0 Å². The molecule has 0 aliphatic heterocycles. The summed E-state index contributed by atoms with van der Waals surface area (Å²) in [6, 6.07) is 10.2. The van der Waals surface area contributed by atoms with E-state index >= 15 is 0 Å². The number of nitrogens with one attached hydrogen (secondary N) is 1. The molecule has 1 saturated carbocycles. The van der Waals surface area contributed by atoms with E-state index in [4.69, 9.17) is 0 Å². The van der Waals surface area contributed by atoms with Crippen LogP contribution in [0.5, 0.6) is 0 Å². The summed E-state index contributed by atoms with van der Waals surface area (Å²) >= 11 is 0. The number of amides is 2. The van der Waals surface area contributed by atoms with E-state index in [-0.39, 0.29) is 17.8 Å². The lowest BCUT2D eigenvalue weighted by Gasteiger charge is -2.23. The van der Waals surface area contributed by atoms with Crippen molar-refractivity contribution in [3.63, 3.8) is 0 Å². The summed E-state index contributed by atoms with van der Waals surface area (Å²) in [5, 5.41) is 2.67. The van der Waals surface area contributed by atoms with Gasteiger partial charge in [-0.15, -0.1) is 0 Å². The highest BCUT2D eigenvalue weighted by Crippen LogP contribution is 2.29. The van der Waals surface area contributed by atoms with E-state index in [9.17, 15) is 9.18 Å². The number of aromatic nitrogens is 1. The number of nitrogens with zero attached hydrogens (tertiary/aromatic N) is 2. The molecule has 1 fully saturated rings. The minimum Gasteiger partial charge on any atom is -0.353 e. The van der Waals surface area contributed by atoms with Crippen molar-refractivity contribution in [2.75, 3.05) is 5.32 Å². The Labute approximate surface area is 123 Å². The number of hydrogen-bond donors (Lipinski definition) is 1. The number of halogens is 1. The summed E-state index contributed by atoms with van der Waals surface area (Å²) < 4.78 is 15.6. The second-order valence-corrected chi connectivity index (χ2v) is 5.38. The molecule has 1 heterocycles. The number of para-hydroxylation sites is 1. The predicted molar refractivity (Wildman–Crippen MR) is 79.4 cm³/mol. The second kappa shape index (κ2) is 5.60. The van der Waals surface area contributed by atoms with E-state index in [1.165, 1.54) is 6.07 Å². The first-order valence-corrected chi connectivity index (χ1v) is 7.07. The normalized spacial score (nSPS) is 14.0. The highest BCUT2D eigenvalue weighted by molar-refractivity contribution is 5.89. The van der Waals surface area contributed by atoms with Gasteiger partial charge < -0.3 is 14.8 Å².